The molecule has 1 aliphatic rings. The van der Waals surface area contributed by atoms with Crippen LogP contribution in [0.4, 0.5) is 21.6 Å². The highest BCUT2D eigenvalue weighted by atomic mass is 19.1. The van der Waals surface area contributed by atoms with Gasteiger partial charge in [0.2, 0.25) is 5.91 Å². The minimum absolute atomic E-state index is 0.0880. The number of pyridine rings is 1. The summed E-state index contributed by atoms with van der Waals surface area (Å²) < 4.78 is 14.0. The zero-order valence-corrected chi connectivity index (χ0v) is 16.1. The summed E-state index contributed by atoms with van der Waals surface area (Å²) in [5, 5.41) is 2.84. The second-order valence-electron chi connectivity index (χ2n) is 7.04. The monoisotopic (exact) mass is 390 g/mol. The van der Waals surface area contributed by atoms with Crippen LogP contribution in [0.15, 0.2) is 72.9 Å². The molecule has 1 aliphatic heterocycles. The molecular weight excluding hydrogens is 367 g/mol. The van der Waals surface area contributed by atoms with Gasteiger partial charge in [0.1, 0.15) is 11.6 Å². The van der Waals surface area contributed by atoms with E-state index in [4.69, 9.17) is 0 Å². The Bertz CT molecular complexity index is 954. The number of anilines is 3. The molecule has 0 saturated carbocycles. The number of rotatable bonds is 5. The highest BCUT2D eigenvalue weighted by molar-refractivity contribution is 5.91. The molecule has 6 heteroatoms. The Morgan fingerprint density at radius 2 is 1.59 bits per heavy atom. The number of piperazine rings is 1. The number of carbonyl (C=O) groups excluding carboxylic acids is 1. The number of halogens is 1. The second kappa shape index (κ2) is 8.73. The molecule has 3 aromatic rings. The molecule has 1 amide bonds. The summed E-state index contributed by atoms with van der Waals surface area (Å²) in [6, 6.07) is 20.3. The van der Waals surface area contributed by atoms with Crippen LogP contribution < -0.4 is 15.1 Å². The molecule has 1 N–H and O–H groups in total. The van der Waals surface area contributed by atoms with E-state index >= 15 is 0 Å². The molecule has 1 fully saturated rings. The van der Waals surface area contributed by atoms with Crippen molar-refractivity contribution in [2.24, 2.45) is 0 Å². The third-order valence-corrected chi connectivity index (χ3v) is 5.06. The Morgan fingerprint density at radius 3 is 2.28 bits per heavy atom. The smallest absolute Gasteiger partial charge is 0.229 e. The number of nitrogens with one attached hydrogen (secondary N) is 1. The zero-order chi connectivity index (χ0) is 20.1. The molecule has 2 aromatic carbocycles. The molecule has 4 rings (SSSR count). The lowest BCUT2D eigenvalue weighted by Crippen LogP contribution is -2.46. The van der Waals surface area contributed by atoms with Crippen LogP contribution in [0.25, 0.3) is 0 Å². The normalized spacial score (nSPS) is 14.0. The van der Waals surface area contributed by atoms with Gasteiger partial charge in [0, 0.05) is 26.2 Å². The van der Waals surface area contributed by atoms with Crippen molar-refractivity contribution in [2.75, 3.05) is 41.3 Å². The fourth-order valence-corrected chi connectivity index (χ4v) is 3.53. The molecule has 5 nitrogen and oxygen atoms in total. The number of hydrogen-bond donors (Lipinski definition) is 1. The van der Waals surface area contributed by atoms with Crippen molar-refractivity contribution in [3.8, 4) is 0 Å². The number of amides is 1. The molecule has 148 valence electrons. The summed E-state index contributed by atoms with van der Waals surface area (Å²) >= 11 is 0. The molecular formula is C23H23FN4O. The van der Waals surface area contributed by atoms with Crippen LogP contribution in [0.3, 0.4) is 0 Å². The maximum absolute atomic E-state index is 14.0. The van der Waals surface area contributed by atoms with Crippen molar-refractivity contribution >= 4 is 23.1 Å². The largest absolute Gasteiger partial charge is 0.367 e. The molecule has 2 heterocycles. The highest BCUT2D eigenvalue weighted by Crippen LogP contribution is 2.23. The fourth-order valence-electron chi connectivity index (χ4n) is 3.53. The first-order chi connectivity index (χ1) is 14.2. The van der Waals surface area contributed by atoms with Crippen molar-refractivity contribution in [3.05, 3.63) is 84.3 Å². The lowest BCUT2D eigenvalue weighted by atomic mass is 10.1. The molecule has 0 spiro atoms. The molecule has 0 radical (unpaired) electrons. The van der Waals surface area contributed by atoms with Gasteiger partial charge in [-0.2, -0.15) is 0 Å². The molecule has 0 atom stereocenters. The van der Waals surface area contributed by atoms with Gasteiger partial charge in [0.25, 0.3) is 0 Å². The van der Waals surface area contributed by atoms with E-state index in [1.807, 2.05) is 54.6 Å². The van der Waals surface area contributed by atoms with Gasteiger partial charge in [-0.25, -0.2) is 9.37 Å². The predicted molar refractivity (Wildman–Crippen MR) is 114 cm³/mol. The summed E-state index contributed by atoms with van der Waals surface area (Å²) in [4.78, 5) is 20.8. The van der Waals surface area contributed by atoms with Gasteiger partial charge in [-0.05, 0) is 29.8 Å². The predicted octanol–water partition coefficient (Wildman–Crippen LogP) is 3.73. The summed E-state index contributed by atoms with van der Waals surface area (Å²) in [5.41, 5.74) is 2.62. The zero-order valence-electron chi connectivity index (χ0n) is 16.1. The number of para-hydroxylation sites is 1. The van der Waals surface area contributed by atoms with Gasteiger partial charge >= 0.3 is 0 Å². The maximum Gasteiger partial charge on any atom is 0.229 e. The molecule has 1 saturated heterocycles. The third-order valence-electron chi connectivity index (χ3n) is 5.06. The minimum atomic E-state index is -0.182. The second-order valence-corrected chi connectivity index (χ2v) is 7.04. The number of nitrogens with zero attached hydrogens (tertiary/aromatic N) is 3. The number of hydrogen-bond acceptors (Lipinski definition) is 4. The van der Waals surface area contributed by atoms with Crippen LogP contribution in [0.5, 0.6) is 0 Å². The first kappa shape index (κ1) is 18.9. The van der Waals surface area contributed by atoms with Crippen molar-refractivity contribution in [1.82, 2.24) is 4.98 Å². The lowest BCUT2D eigenvalue weighted by Gasteiger charge is -2.37. The molecule has 29 heavy (non-hydrogen) atoms. The van der Waals surface area contributed by atoms with Crippen LogP contribution in [0.1, 0.15) is 5.56 Å². The van der Waals surface area contributed by atoms with E-state index < -0.39 is 0 Å². The number of benzene rings is 2. The average Bonchev–Trinajstić information content (AvgIpc) is 2.75. The van der Waals surface area contributed by atoms with E-state index in [0.717, 1.165) is 37.4 Å². The summed E-state index contributed by atoms with van der Waals surface area (Å²) in [7, 11) is 0. The molecule has 0 aliphatic carbocycles. The Hall–Kier alpha value is -3.41. The first-order valence-electron chi connectivity index (χ1n) is 9.73. The maximum atomic E-state index is 14.0. The average molecular weight is 390 g/mol. The Balaban J connectivity index is 1.32. The third kappa shape index (κ3) is 4.71. The lowest BCUT2D eigenvalue weighted by molar-refractivity contribution is -0.115. The van der Waals surface area contributed by atoms with Crippen LogP contribution in [-0.2, 0) is 11.2 Å². The van der Waals surface area contributed by atoms with E-state index in [9.17, 15) is 9.18 Å². The van der Waals surface area contributed by atoms with Crippen molar-refractivity contribution in [1.29, 1.82) is 0 Å². The fraction of sp³-hybridized carbons (Fsp3) is 0.217. The van der Waals surface area contributed by atoms with E-state index in [1.54, 1.807) is 12.3 Å². The quantitative estimate of drug-likeness (QED) is 0.721. The van der Waals surface area contributed by atoms with E-state index in [-0.39, 0.29) is 11.7 Å². The Labute approximate surface area is 169 Å². The summed E-state index contributed by atoms with van der Waals surface area (Å²) in [6.07, 6.45) is 2.10. The van der Waals surface area contributed by atoms with Gasteiger partial charge in [0.15, 0.2) is 0 Å². The van der Waals surface area contributed by atoms with E-state index in [1.165, 1.54) is 6.07 Å². The topological polar surface area (TPSA) is 48.5 Å². The Morgan fingerprint density at radius 1 is 0.897 bits per heavy atom. The molecule has 1 aromatic heterocycles. The van der Waals surface area contributed by atoms with E-state index in [0.29, 0.717) is 17.9 Å². The standard InChI is InChI=1S/C23H23FN4O/c24-20-8-4-5-9-21(20)28-14-12-27(13-15-28)19-10-11-22(25-17-19)26-23(29)16-18-6-2-1-3-7-18/h1-11,17H,12-16H2,(H,25,26,29). The molecule has 0 unspecified atom stereocenters. The summed E-state index contributed by atoms with van der Waals surface area (Å²) in [5.74, 6) is 0.271. The Kier molecular flexibility index (Phi) is 5.70. The number of aromatic nitrogens is 1. The summed E-state index contributed by atoms with van der Waals surface area (Å²) in [6.45, 7) is 3.07. The van der Waals surface area contributed by atoms with E-state index in [2.05, 4.69) is 20.1 Å². The van der Waals surface area contributed by atoms with Gasteiger partial charge in [-0.3, -0.25) is 4.79 Å². The SMILES string of the molecule is O=C(Cc1ccccc1)Nc1ccc(N2CCN(c3ccccc3F)CC2)cn1. The van der Waals surface area contributed by atoms with Gasteiger partial charge in [-0.15, -0.1) is 0 Å². The number of carbonyl (C=O) groups is 1. The van der Waals surface area contributed by atoms with Crippen LogP contribution in [0, 0.1) is 5.82 Å². The van der Waals surface area contributed by atoms with Gasteiger partial charge < -0.3 is 15.1 Å². The van der Waals surface area contributed by atoms with Crippen molar-refractivity contribution in [2.45, 2.75) is 6.42 Å². The highest BCUT2D eigenvalue weighted by Gasteiger charge is 2.19. The van der Waals surface area contributed by atoms with Crippen molar-refractivity contribution in [3.63, 3.8) is 0 Å². The van der Waals surface area contributed by atoms with Crippen LogP contribution in [-0.4, -0.2) is 37.1 Å². The first-order valence-corrected chi connectivity index (χ1v) is 9.73. The van der Waals surface area contributed by atoms with Crippen LogP contribution in [0.2, 0.25) is 0 Å². The van der Waals surface area contributed by atoms with Crippen LogP contribution >= 0.6 is 0 Å². The van der Waals surface area contributed by atoms with Gasteiger partial charge in [-0.1, -0.05) is 42.5 Å². The van der Waals surface area contributed by atoms with Crippen molar-refractivity contribution < 1.29 is 9.18 Å². The molecule has 0 bridgehead atoms. The van der Waals surface area contributed by atoms with Gasteiger partial charge in [0.05, 0.1) is 24.0 Å². The minimum Gasteiger partial charge on any atom is -0.367 e.